The molecule has 0 radical (unpaired) electrons. The third kappa shape index (κ3) is 5.42. The van der Waals surface area contributed by atoms with Crippen LogP contribution in [0.15, 0.2) is 53.4 Å². The number of thiocarbonyl (C=S) groups is 1. The second-order valence-corrected chi connectivity index (χ2v) is 9.19. The zero-order valence-electron chi connectivity index (χ0n) is 15.6. The Labute approximate surface area is 170 Å². The van der Waals surface area contributed by atoms with Crippen molar-refractivity contribution in [3.8, 4) is 0 Å². The molecule has 5 nitrogen and oxygen atoms in total. The highest BCUT2D eigenvalue weighted by Crippen LogP contribution is 2.24. The molecule has 0 aliphatic heterocycles. The lowest BCUT2D eigenvalue weighted by atomic mass is 9.86. The molecule has 1 aliphatic carbocycles. The van der Waals surface area contributed by atoms with Crippen LogP contribution in [0, 0.1) is 11.7 Å². The fourth-order valence-electron chi connectivity index (χ4n) is 3.32. The standard InChI is InChI=1S/C20H24FN3O2S2/c1-14-4-2-3-5-19(14)23-20(27)22-16-8-10-17(11-9-16)24-28(25,26)18-12-6-15(21)7-13-18/h6-14,19,24H,2-5H2,1H3,(H2,22,23,27)/t14-,19-/m1/s1. The van der Waals surface area contributed by atoms with Gasteiger partial charge < -0.3 is 10.6 Å². The number of halogens is 1. The maximum atomic E-state index is 13.0. The molecule has 0 heterocycles. The van der Waals surface area contributed by atoms with E-state index in [0.29, 0.717) is 22.8 Å². The van der Waals surface area contributed by atoms with E-state index in [4.69, 9.17) is 12.2 Å². The molecule has 8 heteroatoms. The number of nitrogens with one attached hydrogen (secondary N) is 3. The number of hydrogen-bond acceptors (Lipinski definition) is 3. The predicted octanol–water partition coefficient (Wildman–Crippen LogP) is 4.49. The van der Waals surface area contributed by atoms with E-state index in [-0.39, 0.29) is 4.90 Å². The minimum absolute atomic E-state index is 0.00285. The molecule has 0 unspecified atom stereocenters. The fraction of sp³-hybridized carbons (Fsp3) is 0.350. The molecule has 0 amide bonds. The van der Waals surface area contributed by atoms with Crippen LogP contribution >= 0.6 is 12.2 Å². The summed E-state index contributed by atoms with van der Waals surface area (Å²) in [5, 5.41) is 7.08. The average molecular weight is 422 g/mol. The van der Waals surface area contributed by atoms with Crippen LogP contribution in [0.3, 0.4) is 0 Å². The van der Waals surface area contributed by atoms with Crippen LogP contribution in [0.1, 0.15) is 32.6 Å². The molecule has 1 aliphatic rings. The molecule has 28 heavy (non-hydrogen) atoms. The fourth-order valence-corrected chi connectivity index (χ4v) is 4.64. The molecule has 1 saturated carbocycles. The third-order valence-corrected chi connectivity index (χ3v) is 6.56. The summed E-state index contributed by atoms with van der Waals surface area (Å²) in [7, 11) is -3.77. The minimum Gasteiger partial charge on any atom is -0.359 e. The van der Waals surface area contributed by atoms with Crippen molar-refractivity contribution in [3.63, 3.8) is 0 Å². The number of rotatable bonds is 5. The summed E-state index contributed by atoms with van der Waals surface area (Å²) < 4.78 is 40.2. The molecule has 0 aromatic heterocycles. The zero-order valence-corrected chi connectivity index (χ0v) is 17.2. The van der Waals surface area contributed by atoms with Crippen molar-refractivity contribution in [1.29, 1.82) is 0 Å². The van der Waals surface area contributed by atoms with Crippen LogP contribution in [0.4, 0.5) is 15.8 Å². The first-order valence-electron chi connectivity index (χ1n) is 9.29. The van der Waals surface area contributed by atoms with Gasteiger partial charge in [-0.25, -0.2) is 12.8 Å². The Morgan fingerprint density at radius 1 is 1.00 bits per heavy atom. The molecule has 0 spiro atoms. The Kier molecular flexibility index (Phi) is 6.51. The SMILES string of the molecule is C[C@@H]1CCCC[C@H]1NC(=S)Nc1ccc(NS(=O)(=O)c2ccc(F)cc2)cc1. The maximum Gasteiger partial charge on any atom is 0.261 e. The van der Waals surface area contributed by atoms with E-state index < -0.39 is 15.8 Å². The van der Waals surface area contributed by atoms with E-state index in [0.717, 1.165) is 24.2 Å². The Bertz CT molecular complexity index is 915. The summed E-state index contributed by atoms with van der Waals surface area (Å²) in [6.45, 7) is 2.24. The van der Waals surface area contributed by atoms with Crippen molar-refractivity contribution < 1.29 is 12.8 Å². The van der Waals surface area contributed by atoms with Crippen molar-refractivity contribution >= 4 is 38.7 Å². The van der Waals surface area contributed by atoms with E-state index >= 15 is 0 Å². The summed E-state index contributed by atoms with van der Waals surface area (Å²) in [6.07, 6.45) is 4.82. The number of anilines is 2. The van der Waals surface area contributed by atoms with Gasteiger partial charge >= 0.3 is 0 Å². The molecule has 2 atom stereocenters. The molecule has 3 N–H and O–H groups in total. The number of sulfonamides is 1. The van der Waals surface area contributed by atoms with Gasteiger partial charge in [0, 0.05) is 17.4 Å². The molecule has 0 saturated heterocycles. The lowest BCUT2D eigenvalue weighted by Crippen LogP contribution is -2.43. The van der Waals surface area contributed by atoms with Gasteiger partial charge in [0.15, 0.2) is 5.11 Å². The zero-order chi connectivity index (χ0) is 20.1. The lowest BCUT2D eigenvalue weighted by molar-refractivity contribution is 0.309. The number of hydrogen-bond donors (Lipinski definition) is 3. The van der Waals surface area contributed by atoms with Gasteiger partial charge in [-0.1, -0.05) is 19.8 Å². The van der Waals surface area contributed by atoms with Crippen LogP contribution in [-0.2, 0) is 10.0 Å². The van der Waals surface area contributed by atoms with E-state index in [1.807, 2.05) is 0 Å². The summed E-state index contributed by atoms with van der Waals surface area (Å²) in [4.78, 5) is 0.00285. The highest BCUT2D eigenvalue weighted by atomic mass is 32.2. The second kappa shape index (κ2) is 8.87. The molecule has 0 bridgehead atoms. The topological polar surface area (TPSA) is 70.2 Å². The van der Waals surface area contributed by atoms with Crippen molar-refractivity contribution in [2.45, 2.75) is 43.5 Å². The van der Waals surface area contributed by atoms with E-state index in [1.54, 1.807) is 24.3 Å². The molecular weight excluding hydrogens is 397 g/mol. The summed E-state index contributed by atoms with van der Waals surface area (Å²) >= 11 is 5.40. The Balaban J connectivity index is 1.58. The Hall–Kier alpha value is -2.19. The first-order chi connectivity index (χ1) is 13.3. The van der Waals surface area contributed by atoms with Gasteiger partial charge in [-0.05, 0) is 79.5 Å². The quantitative estimate of drug-likeness (QED) is 0.621. The second-order valence-electron chi connectivity index (χ2n) is 7.10. The maximum absolute atomic E-state index is 13.0. The first kappa shape index (κ1) is 20.5. The molecule has 1 fully saturated rings. The molecule has 3 rings (SSSR count). The van der Waals surface area contributed by atoms with Crippen LogP contribution in [0.5, 0.6) is 0 Å². The third-order valence-electron chi connectivity index (χ3n) is 4.95. The predicted molar refractivity (Wildman–Crippen MR) is 114 cm³/mol. The van der Waals surface area contributed by atoms with Crippen LogP contribution < -0.4 is 15.4 Å². The monoisotopic (exact) mass is 421 g/mol. The van der Waals surface area contributed by atoms with Crippen LogP contribution in [-0.4, -0.2) is 19.6 Å². The van der Waals surface area contributed by atoms with Crippen molar-refractivity contribution in [2.24, 2.45) is 5.92 Å². The van der Waals surface area contributed by atoms with Gasteiger partial charge in [-0.2, -0.15) is 0 Å². The van der Waals surface area contributed by atoms with Gasteiger partial charge in [-0.15, -0.1) is 0 Å². The highest BCUT2D eigenvalue weighted by Gasteiger charge is 2.21. The molecule has 150 valence electrons. The van der Waals surface area contributed by atoms with E-state index in [9.17, 15) is 12.8 Å². The lowest BCUT2D eigenvalue weighted by Gasteiger charge is -2.30. The molecule has 2 aromatic carbocycles. The number of benzene rings is 2. The first-order valence-corrected chi connectivity index (χ1v) is 11.2. The molecular formula is C20H24FN3O2S2. The average Bonchev–Trinajstić information content (AvgIpc) is 2.65. The van der Waals surface area contributed by atoms with E-state index in [1.165, 1.54) is 31.4 Å². The summed E-state index contributed by atoms with van der Waals surface area (Å²) in [5.74, 6) is 0.110. The van der Waals surface area contributed by atoms with Crippen LogP contribution in [0.25, 0.3) is 0 Å². The van der Waals surface area contributed by atoms with E-state index in [2.05, 4.69) is 22.3 Å². The largest absolute Gasteiger partial charge is 0.359 e. The summed E-state index contributed by atoms with van der Waals surface area (Å²) in [6, 6.07) is 11.9. The highest BCUT2D eigenvalue weighted by molar-refractivity contribution is 7.92. The van der Waals surface area contributed by atoms with Gasteiger partial charge in [0.1, 0.15) is 5.82 Å². The Morgan fingerprint density at radius 2 is 1.61 bits per heavy atom. The van der Waals surface area contributed by atoms with Crippen molar-refractivity contribution in [3.05, 3.63) is 54.3 Å². The van der Waals surface area contributed by atoms with Gasteiger partial charge in [-0.3, -0.25) is 4.72 Å². The molecule has 2 aromatic rings. The van der Waals surface area contributed by atoms with Gasteiger partial charge in [0.05, 0.1) is 4.90 Å². The van der Waals surface area contributed by atoms with Crippen molar-refractivity contribution in [2.75, 3.05) is 10.0 Å². The van der Waals surface area contributed by atoms with Crippen molar-refractivity contribution in [1.82, 2.24) is 5.32 Å². The smallest absolute Gasteiger partial charge is 0.261 e. The van der Waals surface area contributed by atoms with Crippen LogP contribution in [0.2, 0.25) is 0 Å². The van der Waals surface area contributed by atoms with Gasteiger partial charge in [0.2, 0.25) is 0 Å². The summed E-state index contributed by atoms with van der Waals surface area (Å²) in [5.41, 5.74) is 1.18. The van der Waals surface area contributed by atoms with Gasteiger partial charge in [0.25, 0.3) is 10.0 Å². The minimum atomic E-state index is -3.77. The normalized spacial score (nSPS) is 19.6. The Morgan fingerprint density at radius 3 is 2.25 bits per heavy atom.